The van der Waals surface area contributed by atoms with E-state index in [1.807, 2.05) is 0 Å². The molecule has 0 aliphatic rings. The Morgan fingerprint density at radius 3 is 2.21 bits per heavy atom. The Bertz CT molecular complexity index is 826. The van der Waals surface area contributed by atoms with Crippen LogP contribution in [0.5, 0.6) is 5.75 Å². The van der Waals surface area contributed by atoms with Gasteiger partial charge in [-0.05, 0) is 31.0 Å². The zero-order valence-corrected chi connectivity index (χ0v) is 13.9. The number of hydrogen-bond acceptors (Lipinski definition) is 3. The predicted octanol–water partition coefficient (Wildman–Crippen LogP) is 2.98. The van der Waals surface area contributed by atoms with Crippen LogP contribution in [0.4, 0.5) is 13.2 Å². The second kappa shape index (κ2) is 6.82. The fraction of sp³-hybridized carbons (Fsp3) is 0.250. The number of phenols is 1. The van der Waals surface area contributed by atoms with E-state index in [-0.39, 0.29) is 29.0 Å². The summed E-state index contributed by atoms with van der Waals surface area (Å²) >= 11 is 0. The lowest BCUT2D eigenvalue weighted by Gasteiger charge is -2.18. The van der Waals surface area contributed by atoms with Crippen molar-refractivity contribution in [3.63, 3.8) is 0 Å². The molecule has 8 heteroatoms. The fourth-order valence-corrected chi connectivity index (χ4v) is 3.47. The molecule has 0 spiro atoms. The van der Waals surface area contributed by atoms with Crippen molar-refractivity contribution >= 4 is 10.0 Å². The van der Waals surface area contributed by atoms with E-state index < -0.39 is 33.2 Å². The molecule has 24 heavy (non-hydrogen) atoms. The molecule has 0 amide bonds. The van der Waals surface area contributed by atoms with Crippen molar-refractivity contribution in [1.82, 2.24) is 4.31 Å². The van der Waals surface area contributed by atoms with E-state index >= 15 is 0 Å². The summed E-state index contributed by atoms with van der Waals surface area (Å²) in [5.41, 5.74) is -0.418. The number of benzene rings is 2. The second-order valence-electron chi connectivity index (χ2n) is 5.28. The molecule has 2 aromatic carbocycles. The summed E-state index contributed by atoms with van der Waals surface area (Å²) in [6.07, 6.45) is -0.172. The molecular formula is C16H16F3NO3S. The van der Waals surface area contributed by atoms with Crippen LogP contribution in [0.1, 0.15) is 11.1 Å². The molecule has 0 aromatic heterocycles. The first-order chi connectivity index (χ1) is 11.2. The smallest absolute Gasteiger partial charge is 0.242 e. The minimum absolute atomic E-state index is 0.0740. The van der Waals surface area contributed by atoms with Gasteiger partial charge in [-0.15, -0.1) is 0 Å². The second-order valence-corrected chi connectivity index (χ2v) is 7.33. The lowest BCUT2D eigenvalue weighted by atomic mass is 10.0. The first kappa shape index (κ1) is 18.3. The van der Waals surface area contributed by atoms with E-state index in [1.54, 1.807) is 18.2 Å². The largest absolute Gasteiger partial charge is 0.505 e. The maximum absolute atomic E-state index is 13.6. The minimum Gasteiger partial charge on any atom is -0.505 e. The van der Waals surface area contributed by atoms with Gasteiger partial charge in [0.2, 0.25) is 15.8 Å². The van der Waals surface area contributed by atoms with Crippen LogP contribution < -0.4 is 0 Å². The average Bonchev–Trinajstić information content (AvgIpc) is 2.58. The standard InChI is InChI=1S/C16H16F3NO3S/c1-10-12(16(21)15(19)14(18)13(10)17)8-9-20(2)24(22,23)11-6-4-3-5-7-11/h3-7,21H,8-9H2,1-2H3. The van der Waals surface area contributed by atoms with Gasteiger partial charge < -0.3 is 5.11 Å². The molecule has 4 nitrogen and oxygen atoms in total. The van der Waals surface area contributed by atoms with Gasteiger partial charge in [0.15, 0.2) is 17.4 Å². The number of likely N-dealkylation sites (N-methyl/N-ethyl adjacent to an activating group) is 1. The van der Waals surface area contributed by atoms with Gasteiger partial charge in [-0.2, -0.15) is 4.39 Å². The normalized spacial score (nSPS) is 11.9. The molecule has 2 rings (SSSR count). The lowest BCUT2D eigenvalue weighted by Crippen LogP contribution is -2.29. The van der Waals surface area contributed by atoms with Crippen molar-refractivity contribution in [2.24, 2.45) is 0 Å². The van der Waals surface area contributed by atoms with E-state index in [1.165, 1.54) is 26.1 Å². The summed E-state index contributed by atoms with van der Waals surface area (Å²) in [6, 6.07) is 7.66. The van der Waals surface area contributed by atoms with Crippen LogP contribution in [-0.4, -0.2) is 31.4 Å². The third-order valence-electron chi connectivity index (χ3n) is 3.79. The Hall–Kier alpha value is -2.06. The van der Waals surface area contributed by atoms with E-state index in [2.05, 4.69) is 0 Å². The number of rotatable bonds is 5. The van der Waals surface area contributed by atoms with Crippen LogP contribution in [0.25, 0.3) is 0 Å². The molecule has 0 aliphatic carbocycles. The van der Waals surface area contributed by atoms with Gasteiger partial charge in [0, 0.05) is 19.2 Å². The van der Waals surface area contributed by atoms with Crippen LogP contribution in [-0.2, 0) is 16.4 Å². The van der Waals surface area contributed by atoms with E-state index in [4.69, 9.17) is 0 Å². The predicted molar refractivity (Wildman–Crippen MR) is 82.7 cm³/mol. The van der Waals surface area contributed by atoms with Gasteiger partial charge in [0.25, 0.3) is 0 Å². The Kier molecular flexibility index (Phi) is 5.19. The van der Waals surface area contributed by atoms with Crippen LogP contribution >= 0.6 is 0 Å². The summed E-state index contributed by atoms with van der Waals surface area (Å²) in [5.74, 6) is -5.83. The summed E-state index contributed by atoms with van der Waals surface area (Å²) < 4.78 is 66.0. The van der Waals surface area contributed by atoms with Crippen molar-refractivity contribution in [1.29, 1.82) is 0 Å². The van der Waals surface area contributed by atoms with Crippen molar-refractivity contribution in [2.75, 3.05) is 13.6 Å². The highest BCUT2D eigenvalue weighted by Gasteiger charge is 2.25. The lowest BCUT2D eigenvalue weighted by molar-refractivity contribution is 0.376. The Morgan fingerprint density at radius 1 is 1.04 bits per heavy atom. The summed E-state index contributed by atoms with van der Waals surface area (Å²) in [6.45, 7) is 1.05. The molecule has 2 aromatic rings. The van der Waals surface area contributed by atoms with Crippen molar-refractivity contribution < 1.29 is 26.7 Å². The van der Waals surface area contributed by atoms with Crippen LogP contribution in [0.15, 0.2) is 35.2 Å². The maximum atomic E-state index is 13.6. The molecule has 0 unspecified atom stereocenters. The summed E-state index contributed by atoms with van der Waals surface area (Å²) in [5, 5.41) is 9.67. The summed E-state index contributed by atoms with van der Waals surface area (Å²) in [4.78, 5) is 0.0740. The highest BCUT2D eigenvalue weighted by atomic mass is 32.2. The zero-order chi connectivity index (χ0) is 18.1. The molecule has 1 N–H and O–H groups in total. The van der Waals surface area contributed by atoms with Gasteiger partial charge in [-0.1, -0.05) is 18.2 Å². The Balaban J connectivity index is 2.26. The van der Waals surface area contributed by atoms with E-state index in [0.29, 0.717) is 0 Å². The van der Waals surface area contributed by atoms with E-state index in [9.17, 15) is 26.7 Å². The van der Waals surface area contributed by atoms with Crippen molar-refractivity contribution in [3.8, 4) is 5.75 Å². The zero-order valence-electron chi connectivity index (χ0n) is 13.1. The topological polar surface area (TPSA) is 57.6 Å². The number of phenolic OH excluding ortho intramolecular Hbond substituents is 1. The molecule has 0 atom stereocenters. The molecule has 0 saturated heterocycles. The molecule has 0 heterocycles. The Morgan fingerprint density at radius 2 is 1.62 bits per heavy atom. The number of halogens is 3. The number of sulfonamides is 1. The van der Waals surface area contributed by atoms with Gasteiger partial charge in [-0.25, -0.2) is 21.5 Å². The first-order valence-electron chi connectivity index (χ1n) is 7.04. The summed E-state index contributed by atoms with van der Waals surface area (Å²) in [7, 11) is -2.46. The van der Waals surface area contributed by atoms with Gasteiger partial charge >= 0.3 is 0 Å². The average molecular weight is 359 g/mol. The number of hydrogen-bond donors (Lipinski definition) is 1. The molecule has 0 bridgehead atoms. The fourth-order valence-electron chi connectivity index (χ4n) is 2.28. The van der Waals surface area contributed by atoms with Gasteiger partial charge in [0.05, 0.1) is 4.90 Å². The van der Waals surface area contributed by atoms with E-state index in [0.717, 1.165) is 4.31 Å². The molecule has 0 saturated carbocycles. The SMILES string of the molecule is Cc1c(F)c(F)c(F)c(O)c1CCN(C)S(=O)(=O)c1ccccc1. The monoisotopic (exact) mass is 359 g/mol. The van der Waals surface area contributed by atoms with Crippen LogP contribution in [0.3, 0.4) is 0 Å². The number of nitrogens with zero attached hydrogens (tertiary/aromatic N) is 1. The molecule has 130 valence electrons. The van der Waals surface area contributed by atoms with Crippen molar-refractivity contribution in [2.45, 2.75) is 18.2 Å². The quantitative estimate of drug-likeness (QED) is 0.835. The van der Waals surface area contributed by atoms with Crippen LogP contribution in [0.2, 0.25) is 0 Å². The molecule has 0 fully saturated rings. The minimum atomic E-state index is -3.77. The maximum Gasteiger partial charge on any atom is 0.242 e. The van der Waals surface area contributed by atoms with Gasteiger partial charge in [-0.3, -0.25) is 0 Å². The molecule has 0 aliphatic heterocycles. The van der Waals surface area contributed by atoms with Crippen LogP contribution in [0, 0.1) is 24.4 Å². The Labute approximate surface area is 138 Å². The van der Waals surface area contributed by atoms with Crippen molar-refractivity contribution in [3.05, 3.63) is 58.9 Å². The molecule has 0 radical (unpaired) electrons. The highest BCUT2D eigenvalue weighted by Crippen LogP contribution is 2.30. The molecular weight excluding hydrogens is 343 g/mol. The highest BCUT2D eigenvalue weighted by molar-refractivity contribution is 7.89. The number of aromatic hydroxyl groups is 1. The third kappa shape index (κ3) is 3.25. The van der Waals surface area contributed by atoms with Gasteiger partial charge in [0.1, 0.15) is 0 Å². The first-order valence-corrected chi connectivity index (χ1v) is 8.48. The third-order valence-corrected chi connectivity index (χ3v) is 5.66.